The van der Waals surface area contributed by atoms with Crippen LogP contribution in [0.1, 0.15) is 35.6 Å². The van der Waals surface area contributed by atoms with E-state index in [-0.39, 0.29) is 5.69 Å². The summed E-state index contributed by atoms with van der Waals surface area (Å²) in [6.45, 7) is 4.06. The lowest BCUT2D eigenvalue weighted by molar-refractivity contribution is 0.262. The Morgan fingerprint density at radius 1 is 1.15 bits per heavy atom. The number of amides is 2. The highest BCUT2D eigenvalue weighted by Gasteiger charge is 2.31. The fraction of sp³-hybridized carbons (Fsp3) is 0.238. The summed E-state index contributed by atoms with van der Waals surface area (Å²) < 4.78 is 13.8. The molecule has 0 spiro atoms. The molecule has 0 unspecified atom stereocenters. The number of nitrogens with one attached hydrogen (secondary N) is 3. The van der Waals surface area contributed by atoms with E-state index in [2.05, 4.69) is 26.9 Å². The van der Waals surface area contributed by atoms with Gasteiger partial charge in [-0.15, -0.1) is 0 Å². The number of benzene rings is 2. The Bertz CT molecular complexity index is 1010. The zero-order valence-corrected chi connectivity index (χ0v) is 15.3. The number of hydrogen-bond acceptors (Lipinski definition) is 2. The summed E-state index contributed by atoms with van der Waals surface area (Å²) in [6.07, 6.45) is 2.14. The van der Waals surface area contributed by atoms with E-state index in [0.29, 0.717) is 17.3 Å². The molecule has 0 radical (unpaired) electrons. The zero-order valence-electron chi connectivity index (χ0n) is 15.3. The first kappa shape index (κ1) is 17.3. The minimum absolute atomic E-state index is 0.138. The number of hydrogen-bond donors (Lipinski definition) is 3. The van der Waals surface area contributed by atoms with Gasteiger partial charge in [0.1, 0.15) is 11.5 Å². The molecular formula is C21H21FN4O. The van der Waals surface area contributed by atoms with Gasteiger partial charge in [-0.3, -0.25) is 5.10 Å². The third-order valence-electron chi connectivity index (χ3n) is 4.78. The number of halogens is 1. The van der Waals surface area contributed by atoms with Crippen molar-refractivity contribution in [3.63, 3.8) is 0 Å². The minimum atomic E-state index is -0.491. The molecule has 2 aromatic carbocycles. The highest BCUT2D eigenvalue weighted by Crippen LogP contribution is 2.45. The van der Waals surface area contributed by atoms with Gasteiger partial charge in [-0.1, -0.05) is 35.9 Å². The second kappa shape index (κ2) is 6.87. The van der Waals surface area contributed by atoms with Crippen LogP contribution in [0, 0.1) is 19.7 Å². The van der Waals surface area contributed by atoms with Crippen molar-refractivity contribution in [1.82, 2.24) is 10.2 Å². The third-order valence-corrected chi connectivity index (χ3v) is 4.78. The van der Waals surface area contributed by atoms with Crippen LogP contribution in [0.4, 0.5) is 20.6 Å². The fourth-order valence-electron chi connectivity index (χ4n) is 3.25. The van der Waals surface area contributed by atoms with Crippen LogP contribution in [0.15, 0.2) is 42.5 Å². The molecular weight excluding hydrogens is 343 g/mol. The van der Waals surface area contributed by atoms with Crippen molar-refractivity contribution in [2.24, 2.45) is 0 Å². The van der Waals surface area contributed by atoms with Crippen LogP contribution in [-0.4, -0.2) is 16.2 Å². The van der Waals surface area contributed by atoms with Gasteiger partial charge >= 0.3 is 6.03 Å². The van der Waals surface area contributed by atoms with E-state index in [1.807, 2.05) is 26.0 Å². The first-order valence-electron chi connectivity index (χ1n) is 9.01. The van der Waals surface area contributed by atoms with E-state index in [0.717, 1.165) is 29.7 Å². The van der Waals surface area contributed by atoms with Gasteiger partial charge in [0.15, 0.2) is 0 Å². The summed E-state index contributed by atoms with van der Waals surface area (Å²) in [5.74, 6) is -0.0994. The standard InChI is InChI=1S/C21H21FN4O/c1-12-7-10-15(13(2)11-12)19-20(18(25-26-19)14-8-9-14)24-21(27)23-17-6-4-3-5-16(17)22/h3-7,10-11,14H,8-9H2,1-2H3,(H,25,26)(H2,23,24,27). The van der Waals surface area contributed by atoms with E-state index in [9.17, 15) is 9.18 Å². The Labute approximate surface area is 157 Å². The van der Waals surface area contributed by atoms with E-state index < -0.39 is 11.8 Å². The summed E-state index contributed by atoms with van der Waals surface area (Å²) in [4.78, 5) is 12.5. The second-order valence-electron chi connectivity index (χ2n) is 7.01. The molecule has 3 aromatic rings. The number of nitrogens with zero attached hydrogens (tertiary/aromatic N) is 1. The second-order valence-corrected chi connectivity index (χ2v) is 7.01. The number of aryl methyl sites for hydroxylation is 2. The number of para-hydroxylation sites is 1. The fourth-order valence-corrected chi connectivity index (χ4v) is 3.25. The maximum atomic E-state index is 13.8. The number of H-pyrrole nitrogens is 1. The van der Waals surface area contributed by atoms with Crippen LogP contribution in [0.5, 0.6) is 0 Å². The first-order chi connectivity index (χ1) is 13.0. The smallest absolute Gasteiger partial charge is 0.305 e. The topological polar surface area (TPSA) is 69.8 Å². The number of rotatable bonds is 4. The third kappa shape index (κ3) is 3.56. The summed E-state index contributed by atoms with van der Waals surface area (Å²) in [6, 6.07) is 11.7. The molecule has 138 valence electrons. The monoisotopic (exact) mass is 364 g/mol. The molecule has 2 amide bonds. The molecule has 3 N–H and O–H groups in total. The highest BCUT2D eigenvalue weighted by molar-refractivity contribution is 6.02. The van der Waals surface area contributed by atoms with Crippen LogP contribution in [-0.2, 0) is 0 Å². The molecule has 1 heterocycles. The highest BCUT2D eigenvalue weighted by atomic mass is 19.1. The molecule has 0 bridgehead atoms. The van der Waals surface area contributed by atoms with Gasteiger partial charge in [0, 0.05) is 11.5 Å². The summed E-state index contributed by atoms with van der Waals surface area (Å²) >= 11 is 0. The maximum Gasteiger partial charge on any atom is 0.323 e. The van der Waals surface area contributed by atoms with Gasteiger partial charge in [0.05, 0.1) is 17.1 Å². The molecule has 1 fully saturated rings. The van der Waals surface area contributed by atoms with E-state index in [1.165, 1.54) is 17.7 Å². The van der Waals surface area contributed by atoms with Crippen LogP contribution in [0.25, 0.3) is 11.3 Å². The molecule has 0 atom stereocenters. The number of aromatic nitrogens is 2. The van der Waals surface area contributed by atoms with Crippen molar-refractivity contribution in [1.29, 1.82) is 0 Å². The Balaban J connectivity index is 1.66. The Morgan fingerprint density at radius 2 is 1.93 bits per heavy atom. The summed E-state index contributed by atoms with van der Waals surface area (Å²) in [5, 5.41) is 13.0. The van der Waals surface area contributed by atoms with Crippen LogP contribution in [0.2, 0.25) is 0 Å². The Morgan fingerprint density at radius 3 is 2.63 bits per heavy atom. The molecule has 0 saturated heterocycles. The largest absolute Gasteiger partial charge is 0.323 e. The first-order valence-corrected chi connectivity index (χ1v) is 9.01. The lowest BCUT2D eigenvalue weighted by Gasteiger charge is -2.11. The van der Waals surface area contributed by atoms with Crippen LogP contribution in [0.3, 0.4) is 0 Å². The number of carbonyl (C=O) groups is 1. The van der Waals surface area contributed by atoms with Gasteiger partial charge < -0.3 is 10.6 Å². The molecule has 1 aliphatic rings. The van der Waals surface area contributed by atoms with Crippen molar-refractivity contribution < 1.29 is 9.18 Å². The summed E-state index contributed by atoms with van der Waals surface area (Å²) in [7, 11) is 0. The average molecular weight is 364 g/mol. The molecule has 1 aromatic heterocycles. The van der Waals surface area contributed by atoms with Crippen molar-refractivity contribution in [3.8, 4) is 11.3 Å². The number of urea groups is 1. The zero-order chi connectivity index (χ0) is 19.0. The molecule has 27 heavy (non-hydrogen) atoms. The van der Waals surface area contributed by atoms with Gasteiger partial charge in [0.2, 0.25) is 0 Å². The molecule has 0 aliphatic heterocycles. The van der Waals surface area contributed by atoms with Crippen LogP contribution < -0.4 is 10.6 Å². The average Bonchev–Trinajstić information content (AvgIpc) is 3.39. The molecule has 6 heteroatoms. The predicted molar refractivity (Wildman–Crippen MR) is 105 cm³/mol. The maximum absolute atomic E-state index is 13.8. The number of carbonyl (C=O) groups excluding carboxylic acids is 1. The molecule has 1 aliphatic carbocycles. The summed E-state index contributed by atoms with van der Waals surface area (Å²) in [5.41, 5.74) is 5.65. The Kier molecular flexibility index (Phi) is 4.39. The van der Waals surface area contributed by atoms with E-state index in [1.54, 1.807) is 12.1 Å². The molecule has 1 saturated carbocycles. The van der Waals surface area contributed by atoms with Crippen molar-refractivity contribution in [2.75, 3.05) is 10.6 Å². The lowest BCUT2D eigenvalue weighted by atomic mass is 10.0. The van der Waals surface area contributed by atoms with Crippen molar-refractivity contribution >= 4 is 17.4 Å². The lowest BCUT2D eigenvalue weighted by Crippen LogP contribution is -2.21. The predicted octanol–water partition coefficient (Wildman–Crippen LogP) is 5.35. The Hall–Kier alpha value is -3.15. The quantitative estimate of drug-likeness (QED) is 0.584. The van der Waals surface area contributed by atoms with E-state index >= 15 is 0 Å². The van der Waals surface area contributed by atoms with Crippen molar-refractivity contribution in [2.45, 2.75) is 32.6 Å². The van der Waals surface area contributed by atoms with E-state index in [4.69, 9.17) is 0 Å². The number of anilines is 2. The van der Waals surface area contributed by atoms with Crippen molar-refractivity contribution in [3.05, 3.63) is 65.1 Å². The number of aromatic amines is 1. The minimum Gasteiger partial charge on any atom is -0.305 e. The SMILES string of the molecule is Cc1ccc(-c2n[nH]c(C3CC3)c2NC(=O)Nc2ccccc2F)c(C)c1. The van der Waals surface area contributed by atoms with Gasteiger partial charge in [-0.2, -0.15) is 5.10 Å². The van der Waals surface area contributed by atoms with Gasteiger partial charge in [-0.25, -0.2) is 9.18 Å². The normalized spacial score (nSPS) is 13.4. The molecule has 4 rings (SSSR count). The molecule has 5 nitrogen and oxygen atoms in total. The van der Waals surface area contributed by atoms with Gasteiger partial charge in [0.25, 0.3) is 0 Å². The van der Waals surface area contributed by atoms with Gasteiger partial charge in [-0.05, 0) is 44.4 Å². The van der Waals surface area contributed by atoms with Crippen LogP contribution >= 0.6 is 0 Å².